The highest BCUT2D eigenvalue weighted by molar-refractivity contribution is 5.85. The zero-order valence-electron chi connectivity index (χ0n) is 11.2. The van der Waals surface area contributed by atoms with Crippen LogP contribution in [0.4, 0.5) is 5.69 Å². The van der Waals surface area contributed by atoms with Gasteiger partial charge in [0, 0.05) is 24.5 Å². The molecule has 3 rings (SSSR count). The second-order valence-corrected chi connectivity index (χ2v) is 4.88. The highest BCUT2D eigenvalue weighted by Crippen LogP contribution is 2.23. The number of hydrogen-bond acceptors (Lipinski definition) is 2. The summed E-state index contributed by atoms with van der Waals surface area (Å²) in [5, 5.41) is 10.2. The van der Waals surface area contributed by atoms with Crippen LogP contribution in [0.25, 0.3) is 10.8 Å². The number of nitrogens with one attached hydrogen (secondary N) is 1. The Bertz CT molecular complexity index is 700. The van der Waals surface area contributed by atoms with E-state index in [1.165, 1.54) is 16.3 Å². The van der Waals surface area contributed by atoms with Crippen LogP contribution in [0.5, 0.6) is 0 Å². The molecule has 0 aliphatic carbocycles. The number of fused-ring (bicyclic) bond motifs is 1. The molecule has 1 heterocycles. The first-order valence-corrected chi connectivity index (χ1v) is 6.46. The lowest BCUT2D eigenvalue weighted by Crippen LogP contribution is -2.05. The number of hydrogen-bond donors (Lipinski definition) is 1. The van der Waals surface area contributed by atoms with Gasteiger partial charge in [-0.15, -0.1) is 0 Å². The van der Waals surface area contributed by atoms with Crippen molar-refractivity contribution in [2.45, 2.75) is 13.0 Å². The van der Waals surface area contributed by atoms with E-state index in [9.17, 15) is 0 Å². The van der Waals surface area contributed by atoms with Crippen molar-refractivity contribution in [2.24, 2.45) is 7.05 Å². The van der Waals surface area contributed by atoms with Crippen LogP contribution in [-0.2, 0) is 7.05 Å². The van der Waals surface area contributed by atoms with Gasteiger partial charge in [-0.2, -0.15) is 5.10 Å². The van der Waals surface area contributed by atoms with Gasteiger partial charge in [0.2, 0.25) is 0 Å². The highest BCUT2D eigenvalue weighted by Gasteiger charge is 2.07. The Morgan fingerprint density at radius 3 is 2.63 bits per heavy atom. The first-order valence-electron chi connectivity index (χ1n) is 6.46. The van der Waals surface area contributed by atoms with Crippen molar-refractivity contribution in [1.29, 1.82) is 0 Å². The monoisotopic (exact) mass is 251 g/mol. The minimum absolute atomic E-state index is 0.245. The maximum atomic E-state index is 4.21. The maximum Gasteiger partial charge on any atom is 0.0542 e. The minimum Gasteiger partial charge on any atom is -0.378 e. The van der Waals surface area contributed by atoms with E-state index in [1.807, 2.05) is 24.1 Å². The standard InChI is InChI=1S/C16H17N3/c1-12(15-10-17-19(2)11-15)18-16-8-7-13-5-3-4-6-14(13)9-16/h3-12,18H,1-2H3. The summed E-state index contributed by atoms with van der Waals surface area (Å²) in [5.41, 5.74) is 2.32. The second kappa shape index (κ2) is 4.76. The zero-order valence-corrected chi connectivity index (χ0v) is 11.2. The molecule has 1 N–H and O–H groups in total. The highest BCUT2D eigenvalue weighted by atomic mass is 15.2. The number of nitrogens with zero attached hydrogens (tertiary/aromatic N) is 2. The minimum atomic E-state index is 0.245. The van der Waals surface area contributed by atoms with Crippen LogP contribution in [0.15, 0.2) is 54.9 Å². The topological polar surface area (TPSA) is 29.9 Å². The molecule has 3 heteroatoms. The van der Waals surface area contributed by atoms with Gasteiger partial charge in [0.15, 0.2) is 0 Å². The molecule has 2 aromatic carbocycles. The molecule has 0 saturated heterocycles. The molecule has 1 atom stereocenters. The zero-order chi connectivity index (χ0) is 13.2. The Morgan fingerprint density at radius 1 is 1.11 bits per heavy atom. The summed E-state index contributed by atoms with van der Waals surface area (Å²) in [6, 6.07) is 15.1. The third-order valence-corrected chi connectivity index (χ3v) is 3.36. The van der Waals surface area contributed by atoms with Crippen molar-refractivity contribution in [2.75, 3.05) is 5.32 Å². The van der Waals surface area contributed by atoms with Crippen LogP contribution >= 0.6 is 0 Å². The van der Waals surface area contributed by atoms with E-state index in [-0.39, 0.29) is 6.04 Å². The van der Waals surface area contributed by atoms with Crippen LogP contribution in [0, 0.1) is 0 Å². The Hall–Kier alpha value is -2.29. The van der Waals surface area contributed by atoms with E-state index in [0.29, 0.717) is 0 Å². The number of anilines is 1. The normalized spacial score (nSPS) is 12.5. The summed E-state index contributed by atoms with van der Waals surface area (Å²) >= 11 is 0. The number of aromatic nitrogens is 2. The number of rotatable bonds is 3. The Labute approximate surface area is 112 Å². The molecular formula is C16H17N3. The summed E-state index contributed by atoms with van der Waals surface area (Å²) in [5.74, 6) is 0. The van der Waals surface area contributed by atoms with Crippen LogP contribution < -0.4 is 5.32 Å². The van der Waals surface area contributed by atoms with Gasteiger partial charge < -0.3 is 5.32 Å². The van der Waals surface area contributed by atoms with E-state index in [2.05, 4.69) is 59.8 Å². The van der Waals surface area contributed by atoms with Gasteiger partial charge >= 0.3 is 0 Å². The van der Waals surface area contributed by atoms with Gasteiger partial charge in [-0.1, -0.05) is 30.3 Å². The molecule has 0 bridgehead atoms. The van der Waals surface area contributed by atoms with Crippen molar-refractivity contribution in [3.8, 4) is 0 Å². The molecule has 3 aromatic rings. The third kappa shape index (κ3) is 2.45. The fourth-order valence-corrected chi connectivity index (χ4v) is 2.28. The van der Waals surface area contributed by atoms with Crippen LogP contribution in [0.2, 0.25) is 0 Å². The summed E-state index contributed by atoms with van der Waals surface area (Å²) in [6.45, 7) is 2.15. The molecule has 0 spiro atoms. The van der Waals surface area contributed by atoms with Gasteiger partial charge in [-0.3, -0.25) is 4.68 Å². The Balaban J connectivity index is 1.84. The molecule has 19 heavy (non-hydrogen) atoms. The van der Waals surface area contributed by atoms with Gasteiger partial charge in [-0.05, 0) is 29.8 Å². The smallest absolute Gasteiger partial charge is 0.0542 e. The average molecular weight is 251 g/mol. The van der Waals surface area contributed by atoms with Crippen molar-refractivity contribution in [1.82, 2.24) is 9.78 Å². The molecule has 0 radical (unpaired) electrons. The average Bonchev–Trinajstić information content (AvgIpc) is 2.85. The van der Waals surface area contributed by atoms with Gasteiger partial charge in [0.25, 0.3) is 0 Å². The molecule has 1 unspecified atom stereocenters. The summed E-state index contributed by atoms with van der Waals surface area (Å²) < 4.78 is 1.83. The SMILES string of the molecule is CC(Nc1ccc2ccccc2c1)c1cnn(C)c1. The molecule has 3 nitrogen and oxygen atoms in total. The van der Waals surface area contributed by atoms with E-state index in [4.69, 9.17) is 0 Å². The van der Waals surface area contributed by atoms with E-state index in [1.54, 1.807) is 0 Å². The van der Waals surface area contributed by atoms with Gasteiger partial charge in [-0.25, -0.2) is 0 Å². The molecule has 1 aromatic heterocycles. The fourth-order valence-electron chi connectivity index (χ4n) is 2.28. The maximum absolute atomic E-state index is 4.21. The van der Waals surface area contributed by atoms with Crippen LogP contribution in [0.3, 0.4) is 0 Å². The van der Waals surface area contributed by atoms with Crippen molar-refractivity contribution < 1.29 is 0 Å². The van der Waals surface area contributed by atoms with Gasteiger partial charge in [0.1, 0.15) is 0 Å². The van der Waals surface area contributed by atoms with Crippen molar-refractivity contribution >= 4 is 16.5 Å². The molecular weight excluding hydrogens is 234 g/mol. The number of benzene rings is 2. The Kier molecular flexibility index (Phi) is 2.95. The van der Waals surface area contributed by atoms with Crippen LogP contribution in [0.1, 0.15) is 18.5 Å². The molecule has 0 saturated carbocycles. The van der Waals surface area contributed by atoms with Crippen molar-refractivity contribution in [3.63, 3.8) is 0 Å². The van der Waals surface area contributed by atoms with Crippen molar-refractivity contribution in [3.05, 3.63) is 60.4 Å². The van der Waals surface area contributed by atoms with Gasteiger partial charge in [0.05, 0.1) is 12.2 Å². The lowest BCUT2D eigenvalue weighted by atomic mass is 10.1. The third-order valence-electron chi connectivity index (χ3n) is 3.36. The Morgan fingerprint density at radius 2 is 1.89 bits per heavy atom. The van der Waals surface area contributed by atoms with E-state index in [0.717, 1.165) is 5.69 Å². The predicted molar refractivity (Wildman–Crippen MR) is 79.2 cm³/mol. The molecule has 96 valence electrons. The largest absolute Gasteiger partial charge is 0.378 e. The predicted octanol–water partition coefficient (Wildman–Crippen LogP) is 3.75. The van der Waals surface area contributed by atoms with E-state index < -0.39 is 0 Å². The second-order valence-electron chi connectivity index (χ2n) is 4.88. The quantitative estimate of drug-likeness (QED) is 0.768. The first kappa shape index (κ1) is 11.8. The van der Waals surface area contributed by atoms with E-state index >= 15 is 0 Å². The summed E-state index contributed by atoms with van der Waals surface area (Å²) in [4.78, 5) is 0. The van der Waals surface area contributed by atoms with Crippen LogP contribution in [-0.4, -0.2) is 9.78 Å². The lowest BCUT2D eigenvalue weighted by Gasteiger charge is -2.14. The summed E-state index contributed by atoms with van der Waals surface area (Å²) in [7, 11) is 1.94. The first-order chi connectivity index (χ1) is 9.22. The summed E-state index contributed by atoms with van der Waals surface area (Å²) in [6.07, 6.45) is 3.94. The molecule has 0 aliphatic heterocycles. The molecule has 0 fully saturated rings. The lowest BCUT2D eigenvalue weighted by molar-refractivity contribution is 0.765. The molecule has 0 amide bonds. The number of aryl methyl sites for hydroxylation is 1. The fraction of sp³-hybridized carbons (Fsp3) is 0.188. The molecule has 0 aliphatic rings.